The number of alkyl halides is 4. The first-order valence-electron chi connectivity index (χ1n) is 47.2. The summed E-state index contributed by atoms with van der Waals surface area (Å²) in [5, 5.41) is 42.3. The zero-order chi connectivity index (χ0) is 106. The molecule has 8 aromatic carbocycles. The highest BCUT2D eigenvalue weighted by Gasteiger charge is 2.31. The number of anilines is 4. The average Bonchev–Trinajstić information content (AvgIpc) is 1.75. The molecule has 0 bridgehead atoms. The van der Waals surface area contributed by atoms with Gasteiger partial charge in [0.05, 0.1) is 134 Å². The van der Waals surface area contributed by atoms with Crippen molar-refractivity contribution in [2.45, 2.75) is 145 Å². The first-order valence-corrected chi connectivity index (χ1v) is 53.4. The van der Waals surface area contributed by atoms with Gasteiger partial charge in [-0.1, -0.05) is 91.0 Å². The Morgan fingerprint density at radius 3 is 0.819 bits per heavy atom. The van der Waals surface area contributed by atoms with Crippen LogP contribution in [0.1, 0.15) is 88.5 Å². The highest BCUT2D eigenvalue weighted by atomic mass is 32.2. The van der Waals surface area contributed by atoms with E-state index in [4.69, 9.17) is 50.1 Å². The molecule has 10 heterocycles. The minimum absolute atomic E-state index is 0.0260. The van der Waals surface area contributed by atoms with Crippen molar-refractivity contribution in [2.75, 3.05) is 90.2 Å². The van der Waals surface area contributed by atoms with Crippen LogP contribution in [-0.2, 0) is 75.0 Å². The number of benzene rings is 8. The van der Waals surface area contributed by atoms with Gasteiger partial charge in [-0.15, -0.1) is 40.8 Å². The molecule has 18 rings (SSSR count). The topological polar surface area (TPSA) is 566 Å². The second-order valence-corrected chi connectivity index (χ2v) is 44.3. The molecule has 8 aromatic heterocycles. The van der Waals surface area contributed by atoms with Gasteiger partial charge in [0.15, 0.2) is 85.4 Å². The largest absolute Gasteiger partial charge is 0.414 e. The van der Waals surface area contributed by atoms with Crippen LogP contribution < -0.4 is 44.2 Å². The van der Waals surface area contributed by atoms with Gasteiger partial charge in [0.25, 0.3) is 29.5 Å². The van der Waals surface area contributed by atoms with E-state index in [1.165, 1.54) is 107 Å². The number of nitrogens with two attached hydrogens (primary N) is 4. The molecular weight excluding hydrogens is 2010 g/mol. The summed E-state index contributed by atoms with van der Waals surface area (Å²) in [6.07, 6.45) is 7.66. The lowest BCUT2D eigenvalue weighted by atomic mass is 10.1. The number of nitrogens with one attached hydrogen (secondary N) is 4. The molecule has 778 valence electrons. The van der Waals surface area contributed by atoms with Crippen LogP contribution in [0.4, 0.5) is 45.2 Å². The highest BCUT2D eigenvalue weighted by Crippen LogP contribution is 2.38. The van der Waals surface area contributed by atoms with Crippen LogP contribution in [0.5, 0.6) is 0 Å². The molecule has 38 nitrogen and oxygen atoms in total. The number of rotatable bonds is 38. The Balaban J connectivity index is 0.000000149. The van der Waals surface area contributed by atoms with Gasteiger partial charge < -0.3 is 71.3 Å². The van der Waals surface area contributed by atoms with Crippen molar-refractivity contribution in [3.8, 4) is 137 Å². The summed E-state index contributed by atoms with van der Waals surface area (Å²) < 4.78 is 200. The maximum Gasteiger partial charge on any atom is 0.270 e. The molecule has 12 N–H and O–H groups in total. The van der Waals surface area contributed by atoms with Crippen molar-refractivity contribution >= 4 is 62.6 Å². The van der Waals surface area contributed by atoms with E-state index in [1.54, 1.807) is 67.7 Å². The van der Waals surface area contributed by atoms with Crippen LogP contribution >= 0.6 is 0 Å². The third-order valence-electron chi connectivity index (χ3n) is 24.5. The lowest BCUT2D eigenvalue weighted by Crippen LogP contribution is -2.28. The molecule has 6 atom stereocenters. The molecular formula is C102H107F5N24O14S4. The summed E-state index contributed by atoms with van der Waals surface area (Å²) >= 11 is 0. The summed E-state index contributed by atoms with van der Waals surface area (Å²) in [5.74, 6) is 1.07. The molecule has 2 aliphatic rings. The summed E-state index contributed by atoms with van der Waals surface area (Å²) in [6.45, 7) is 8.98. The number of nitrogens with zero attached hydrogens (tertiary/aromatic N) is 16. The zero-order valence-electron chi connectivity index (χ0n) is 81.6. The number of hydrogen-bond acceptors (Lipinski definition) is 38. The normalized spacial score (nSPS) is 14.6. The molecule has 2 aliphatic heterocycles. The predicted octanol–water partition coefficient (Wildman–Crippen LogP) is 15.2. The van der Waals surface area contributed by atoms with E-state index in [-0.39, 0.29) is 126 Å². The number of sulfone groups is 4. The van der Waals surface area contributed by atoms with E-state index in [0.717, 1.165) is 97.8 Å². The standard InChI is InChI=1S/2C27H29FN6O4S.C24H24F2N6O3S.C24H25FN6O3S/c2*1-17(10-12-28)39(35,36)22-8-6-19(7-9-22)23-15-31-25(29)24(32-23)27-34-33-26(38-27)20-4-2-18(3-5-20)14-30-21-11-13-37-16-21;1-14(9-10-25)36(33,34)17-6-4-16(5-7-17)20-13-29-22(27)21(30-20)24-32-31-23(35-24)18-8-3-15(12-28-2)11-19(18)26;1-15(11-12-25)35(32,33)19-9-7-17(8-10-19)20-14-28-22(26)21(29-20)24-31-30-23(34-24)18-5-3-16(4-6-18)13-27-2/h2*2-9,15,17,21,30H,10-14,16H2,1H3,(H2,29,31);3-8,11,13-14,28H,9-10,12H2,1-2H3,(H2,27,29);3-10,14-15,27H,11-13H2,1-2H3,(H2,26,28)/t2*17?,21-;;/m10../s1. The fraction of sp³-hybridized carbons (Fsp3) is 0.294. The molecule has 0 radical (unpaired) electrons. The SMILES string of the molecule is CC(CCF)S(=O)(=O)c1ccc(-c2cnc(N)c(-c3nnc(-c4ccc(CN[C@@H]5CCOC5)cc4)o3)n2)cc1.CC(CCF)S(=O)(=O)c1ccc(-c2cnc(N)c(-c3nnc(-c4ccc(CN[C@H]5CCOC5)cc4)o3)n2)cc1.CNCc1ccc(-c2nnc(-c3nc(-c4ccc(S(=O)(=O)C(C)CCF)cc4)cnc3N)o2)c(F)c1.CNCc1ccc(-c2nnc(-c3nc(-c4ccc(S(=O)(=O)C(C)CCF)cc4)cnc3N)o2)cc1. The minimum atomic E-state index is -3.65. The molecule has 2 fully saturated rings. The average molecular weight is 2120 g/mol. The third kappa shape index (κ3) is 26.4. The van der Waals surface area contributed by atoms with Gasteiger partial charge in [-0.25, -0.2) is 77.9 Å². The monoisotopic (exact) mass is 2110 g/mol. The predicted molar refractivity (Wildman–Crippen MR) is 549 cm³/mol. The Bertz CT molecular complexity index is 7510. The van der Waals surface area contributed by atoms with Crippen molar-refractivity contribution in [3.05, 3.63) is 241 Å². The van der Waals surface area contributed by atoms with Gasteiger partial charge in [-0.05, 0) is 200 Å². The van der Waals surface area contributed by atoms with Gasteiger partial charge in [0.2, 0.25) is 17.7 Å². The smallest absolute Gasteiger partial charge is 0.270 e. The van der Waals surface area contributed by atoms with Crippen molar-refractivity contribution in [1.29, 1.82) is 0 Å². The van der Waals surface area contributed by atoms with Crippen LogP contribution in [0.25, 0.3) is 137 Å². The molecule has 0 aliphatic carbocycles. The summed E-state index contributed by atoms with van der Waals surface area (Å²) in [7, 11) is -10.9. The van der Waals surface area contributed by atoms with Gasteiger partial charge in [0.1, 0.15) is 5.82 Å². The first-order chi connectivity index (χ1) is 71.8. The number of halogens is 5. The summed E-state index contributed by atoms with van der Waals surface area (Å²) in [4.78, 5) is 35.3. The van der Waals surface area contributed by atoms with Crippen molar-refractivity contribution in [2.24, 2.45) is 0 Å². The second kappa shape index (κ2) is 49.2. The van der Waals surface area contributed by atoms with Crippen molar-refractivity contribution in [1.82, 2.24) is 102 Å². The second-order valence-electron chi connectivity index (χ2n) is 34.9. The summed E-state index contributed by atoms with van der Waals surface area (Å²) in [5.41, 5.74) is 35.6. The molecule has 0 spiro atoms. The number of aromatic nitrogens is 16. The van der Waals surface area contributed by atoms with E-state index in [0.29, 0.717) is 81.3 Å². The lowest BCUT2D eigenvalue weighted by molar-refractivity contribution is 0.189. The van der Waals surface area contributed by atoms with Crippen LogP contribution in [0, 0.1) is 5.82 Å². The Morgan fingerprint density at radius 2 is 0.564 bits per heavy atom. The van der Waals surface area contributed by atoms with Crippen LogP contribution in [0.3, 0.4) is 0 Å². The molecule has 47 heteroatoms. The Morgan fingerprint density at radius 1 is 0.322 bits per heavy atom. The van der Waals surface area contributed by atoms with E-state index in [2.05, 4.69) is 102 Å². The van der Waals surface area contributed by atoms with Gasteiger partial charge in [0, 0.05) is 90.4 Å². The van der Waals surface area contributed by atoms with E-state index in [9.17, 15) is 55.6 Å². The van der Waals surface area contributed by atoms with Crippen LogP contribution in [0.15, 0.2) is 250 Å². The number of nitrogen functional groups attached to an aromatic ring is 4. The third-order valence-corrected chi connectivity index (χ3v) is 33.4. The number of ether oxygens (including phenoxy) is 2. The Hall–Kier alpha value is -15.0. The molecule has 2 saturated heterocycles. The fourth-order valence-electron chi connectivity index (χ4n) is 15.4. The Kier molecular flexibility index (Phi) is 35.8. The maximum atomic E-state index is 14.6. The van der Waals surface area contributed by atoms with Crippen molar-refractivity contribution < 1.29 is 82.8 Å². The van der Waals surface area contributed by atoms with Crippen LogP contribution in [0.2, 0.25) is 0 Å². The van der Waals surface area contributed by atoms with E-state index < -0.39 is 92.9 Å². The van der Waals surface area contributed by atoms with Gasteiger partial charge >= 0.3 is 0 Å². The summed E-state index contributed by atoms with van der Waals surface area (Å²) in [6, 6.07) is 53.3. The van der Waals surface area contributed by atoms with Crippen LogP contribution in [-0.4, -0.2) is 215 Å². The van der Waals surface area contributed by atoms with E-state index >= 15 is 0 Å². The van der Waals surface area contributed by atoms with Gasteiger partial charge in [-0.2, -0.15) is 0 Å². The lowest BCUT2D eigenvalue weighted by Gasteiger charge is -2.12. The van der Waals surface area contributed by atoms with Gasteiger partial charge in [-0.3, -0.25) is 17.6 Å². The quantitative estimate of drug-likeness (QED) is 0.0167. The zero-order valence-corrected chi connectivity index (χ0v) is 84.9. The van der Waals surface area contributed by atoms with Crippen molar-refractivity contribution in [3.63, 3.8) is 0 Å². The maximum absolute atomic E-state index is 14.6. The first kappa shape index (κ1) is 108. The highest BCUT2D eigenvalue weighted by molar-refractivity contribution is 7.93. The minimum Gasteiger partial charge on any atom is -0.414 e. The fourth-order valence-corrected chi connectivity index (χ4v) is 20.9. The molecule has 0 amide bonds. The molecule has 4 unspecified atom stereocenters. The molecule has 149 heavy (non-hydrogen) atoms. The Labute approximate surface area is 855 Å². The molecule has 16 aromatic rings. The van der Waals surface area contributed by atoms with E-state index in [1.807, 2.05) is 79.8 Å². The number of hydrogen-bond donors (Lipinski definition) is 8. The molecule has 0 saturated carbocycles.